The Kier molecular flexibility index (Phi) is 3.86. The van der Waals surface area contributed by atoms with E-state index in [2.05, 4.69) is 4.98 Å². The lowest BCUT2D eigenvalue weighted by molar-refractivity contribution is 0.484. The second-order valence-corrected chi connectivity index (χ2v) is 5.59. The topological polar surface area (TPSA) is 48.0 Å². The van der Waals surface area contributed by atoms with E-state index in [9.17, 15) is 4.79 Å². The Morgan fingerprint density at radius 2 is 1.91 bits per heavy atom. The van der Waals surface area contributed by atoms with Crippen LogP contribution < -0.4 is 5.56 Å². The molecule has 5 heteroatoms. The Balaban J connectivity index is 1.94. The van der Waals surface area contributed by atoms with Gasteiger partial charge in [-0.1, -0.05) is 17.7 Å². The molecule has 0 aliphatic heterocycles. The molecule has 22 heavy (non-hydrogen) atoms. The lowest BCUT2D eigenvalue weighted by Gasteiger charge is -2.03. The van der Waals surface area contributed by atoms with Crippen LogP contribution >= 0.6 is 11.6 Å². The second-order valence-electron chi connectivity index (χ2n) is 5.15. The zero-order valence-corrected chi connectivity index (χ0v) is 13.1. The van der Waals surface area contributed by atoms with Crippen LogP contribution in [0.15, 0.2) is 51.8 Å². The van der Waals surface area contributed by atoms with E-state index >= 15 is 0 Å². The van der Waals surface area contributed by atoms with Crippen molar-refractivity contribution in [1.82, 2.24) is 9.55 Å². The first-order valence-corrected chi connectivity index (χ1v) is 7.30. The Hall–Kier alpha value is -2.33. The van der Waals surface area contributed by atoms with E-state index in [-0.39, 0.29) is 5.56 Å². The molecule has 112 valence electrons. The van der Waals surface area contributed by atoms with Crippen molar-refractivity contribution in [2.75, 3.05) is 0 Å². The maximum Gasteiger partial charge on any atom is 0.253 e. The SMILES string of the molecule is Cc1nc(Cn2cccc(C)c2=O)oc1-c1ccc(Cl)cc1. The van der Waals surface area contributed by atoms with Gasteiger partial charge in [0.25, 0.3) is 5.56 Å². The molecule has 0 saturated carbocycles. The Bertz CT molecular complexity index is 863. The maximum absolute atomic E-state index is 12.1. The second kappa shape index (κ2) is 5.81. The summed E-state index contributed by atoms with van der Waals surface area (Å²) in [5.41, 5.74) is 2.37. The number of oxazole rings is 1. The van der Waals surface area contributed by atoms with E-state index in [1.165, 1.54) is 0 Å². The minimum atomic E-state index is -0.0357. The number of aryl methyl sites for hydroxylation is 2. The van der Waals surface area contributed by atoms with Crippen molar-refractivity contribution >= 4 is 11.6 Å². The summed E-state index contributed by atoms with van der Waals surface area (Å²) < 4.78 is 7.41. The lowest BCUT2D eigenvalue weighted by Crippen LogP contribution is -2.21. The molecule has 0 spiro atoms. The first kappa shape index (κ1) is 14.6. The van der Waals surface area contributed by atoms with E-state index in [0.29, 0.717) is 28.8 Å². The average molecular weight is 315 g/mol. The van der Waals surface area contributed by atoms with Gasteiger partial charge >= 0.3 is 0 Å². The highest BCUT2D eigenvalue weighted by Gasteiger charge is 2.12. The predicted octanol–water partition coefficient (Wildman–Crippen LogP) is 3.82. The summed E-state index contributed by atoms with van der Waals surface area (Å²) in [6.07, 6.45) is 1.73. The van der Waals surface area contributed by atoms with Crippen molar-refractivity contribution < 1.29 is 4.42 Å². The molecule has 0 unspecified atom stereocenters. The van der Waals surface area contributed by atoms with Crippen LogP contribution in [-0.2, 0) is 6.54 Å². The van der Waals surface area contributed by atoms with Crippen LogP contribution in [0, 0.1) is 13.8 Å². The van der Waals surface area contributed by atoms with Crippen LogP contribution in [0.1, 0.15) is 17.1 Å². The lowest BCUT2D eigenvalue weighted by atomic mass is 10.1. The van der Waals surface area contributed by atoms with Gasteiger partial charge in [0.2, 0.25) is 5.89 Å². The van der Waals surface area contributed by atoms with E-state index in [4.69, 9.17) is 16.0 Å². The molecular weight excluding hydrogens is 300 g/mol. The van der Waals surface area contributed by atoms with Crippen LogP contribution in [0.2, 0.25) is 5.02 Å². The number of pyridine rings is 1. The predicted molar refractivity (Wildman–Crippen MR) is 86.2 cm³/mol. The normalized spacial score (nSPS) is 10.9. The Morgan fingerprint density at radius 3 is 2.64 bits per heavy atom. The molecule has 0 atom stereocenters. The summed E-state index contributed by atoms with van der Waals surface area (Å²) in [5.74, 6) is 1.21. The third kappa shape index (κ3) is 2.83. The zero-order chi connectivity index (χ0) is 15.7. The molecule has 3 rings (SSSR count). The molecule has 3 aromatic rings. The quantitative estimate of drug-likeness (QED) is 0.738. The number of hydrogen-bond donors (Lipinski definition) is 0. The standard InChI is InChI=1S/C17H15ClN2O2/c1-11-4-3-9-20(17(11)21)10-15-19-12(2)16(22-15)13-5-7-14(18)8-6-13/h3-9H,10H2,1-2H3. The molecule has 2 heterocycles. The molecule has 0 radical (unpaired) electrons. The van der Waals surface area contributed by atoms with Crippen LogP contribution in [0.4, 0.5) is 0 Å². The molecule has 4 nitrogen and oxygen atoms in total. The zero-order valence-electron chi connectivity index (χ0n) is 12.3. The first-order chi connectivity index (χ1) is 10.5. The highest BCUT2D eigenvalue weighted by Crippen LogP contribution is 2.26. The summed E-state index contributed by atoms with van der Waals surface area (Å²) in [5, 5.41) is 0.674. The van der Waals surface area contributed by atoms with Gasteiger partial charge in [-0.05, 0) is 44.2 Å². The van der Waals surface area contributed by atoms with Crippen molar-refractivity contribution in [2.24, 2.45) is 0 Å². The van der Waals surface area contributed by atoms with Crippen molar-refractivity contribution in [3.63, 3.8) is 0 Å². The van der Waals surface area contributed by atoms with E-state index in [1.807, 2.05) is 37.3 Å². The van der Waals surface area contributed by atoms with Gasteiger partial charge in [0.05, 0.1) is 5.69 Å². The summed E-state index contributed by atoms with van der Waals surface area (Å²) in [4.78, 5) is 16.5. The summed E-state index contributed by atoms with van der Waals surface area (Å²) >= 11 is 5.90. The van der Waals surface area contributed by atoms with Crippen molar-refractivity contribution in [3.8, 4) is 11.3 Å². The molecular formula is C17H15ClN2O2. The van der Waals surface area contributed by atoms with E-state index < -0.39 is 0 Å². The summed E-state index contributed by atoms with van der Waals surface area (Å²) in [6.45, 7) is 3.99. The fourth-order valence-corrected chi connectivity index (χ4v) is 2.44. The summed E-state index contributed by atoms with van der Waals surface area (Å²) in [6, 6.07) is 11.0. The molecule has 0 aliphatic carbocycles. The van der Waals surface area contributed by atoms with Gasteiger partial charge in [0.1, 0.15) is 6.54 Å². The smallest absolute Gasteiger partial charge is 0.253 e. The van der Waals surface area contributed by atoms with Gasteiger partial charge in [-0.3, -0.25) is 4.79 Å². The number of aromatic nitrogens is 2. The van der Waals surface area contributed by atoms with Crippen LogP contribution in [0.5, 0.6) is 0 Å². The van der Waals surface area contributed by atoms with Gasteiger partial charge in [0.15, 0.2) is 5.76 Å². The molecule has 2 aromatic heterocycles. The van der Waals surface area contributed by atoms with Gasteiger partial charge in [-0.15, -0.1) is 0 Å². The highest BCUT2D eigenvalue weighted by molar-refractivity contribution is 6.30. The molecule has 0 saturated heterocycles. The van der Waals surface area contributed by atoms with Gasteiger partial charge < -0.3 is 8.98 Å². The fraction of sp³-hybridized carbons (Fsp3) is 0.176. The van der Waals surface area contributed by atoms with Gasteiger partial charge in [-0.2, -0.15) is 0 Å². The monoisotopic (exact) mass is 314 g/mol. The molecule has 0 fully saturated rings. The number of rotatable bonds is 3. The third-order valence-electron chi connectivity index (χ3n) is 3.46. The molecule has 0 amide bonds. The fourth-order valence-electron chi connectivity index (χ4n) is 2.32. The molecule has 1 aromatic carbocycles. The van der Waals surface area contributed by atoms with E-state index in [1.54, 1.807) is 23.8 Å². The van der Waals surface area contributed by atoms with Crippen molar-refractivity contribution in [1.29, 1.82) is 0 Å². The number of nitrogens with zero attached hydrogens (tertiary/aromatic N) is 2. The largest absolute Gasteiger partial charge is 0.438 e. The highest BCUT2D eigenvalue weighted by atomic mass is 35.5. The number of benzene rings is 1. The van der Waals surface area contributed by atoms with Crippen LogP contribution in [0.25, 0.3) is 11.3 Å². The molecule has 0 aliphatic rings. The number of hydrogen-bond acceptors (Lipinski definition) is 3. The van der Waals surface area contributed by atoms with Crippen molar-refractivity contribution in [2.45, 2.75) is 20.4 Å². The van der Waals surface area contributed by atoms with Crippen LogP contribution in [-0.4, -0.2) is 9.55 Å². The Labute approximate surface area is 133 Å². The molecule has 0 N–H and O–H groups in total. The third-order valence-corrected chi connectivity index (χ3v) is 3.72. The van der Waals surface area contributed by atoms with E-state index in [0.717, 1.165) is 11.3 Å². The van der Waals surface area contributed by atoms with Gasteiger partial charge in [0, 0.05) is 22.3 Å². The molecule has 0 bridgehead atoms. The minimum Gasteiger partial charge on any atom is -0.438 e. The van der Waals surface area contributed by atoms with Gasteiger partial charge in [-0.25, -0.2) is 4.98 Å². The van der Waals surface area contributed by atoms with Crippen molar-refractivity contribution in [3.05, 3.63) is 75.1 Å². The van der Waals surface area contributed by atoms with Crippen LogP contribution in [0.3, 0.4) is 0 Å². The average Bonchev–Trinajstić information content (AvgIpc) is 2.85. The maximum atomic E-state index is 12.1. The Morgan fingerprint density at radius 1 is 1.18 bits per heavy atom. The minimum absolute atomic E-state index is 0.0357. The number of halogens is 1. The summed E-state index contributed by atoms with van der Waals surface area (Å²) in [7, 11) is 0. The first-order valence-electron chi connectivity index (χ1n) is 6.93.